The van der Waals surface area contributed by atoms with Crippen molar-refractivity contribution in [2.24, 2.45) is 0 Å². The Morgan fingerprint density at radius 2 is 2.11 bits per heavy atom. The van der Waals surface area contributed by atoms with Crippen LogP contribution in [0.2, 0.25) is 0 Å². The summed E-state index contributed by atoms with van der Waals surface area (Å²) in [4.78, 5) is 32.7. The summed E-state index contributed by atoms with van der Waals surface area (Å²) in [7, 11) is 0. The van der Waals surface area contributed by atoms with Crippen molar-refractivity contribution < 1.29 is 14.7 Å². The van der Waals surface area contributed by atoms with Crippen LogP contribution in [0.3, 0.4) is 0 Å². The zero-order valence-corrected chi connectivity index (χ0v) is 10.2. The highest BCUT2D eigenvalue weighted by molar-refractivity contribution is 5.94. The summed E-state index contributed by atoms with van der Waals surface area (Å²) in [6, 6.07) is -0.741. The van der Waals surface area contributed by atoms with Gasteiger partial charge in [0.1, 0.15) is 11.7 Å². The highest BCUT2D eigenvalue weighted by Crippen LogP contribution is 2.19. The highest BCUT2D eigenvalue weighted by atomic mass is 16.4. The minimum absolute atomic E-state index is 0.203. The number of carbonyl (C=O) groups excluding carboxylic acids is 1. The maximum absolute atomic E-state index is 12.2. The van der Waals surface area contributed by atoms with Crippen molar-refractivity contribution in [1.29, 1.82) is 0 Å². The van der Waals surface area contributed by atoms with Crippen LogP contribution in [0, 0.1) is 6.92 Å². The summed E-state index contributed by atoms with van der Waals surface area (Å²) in [5.41, 5.74) is 0.925. The molecule has 2 rings (SSSR count). The minimum atomic E-state index is -0.955. The van der Waals surface area contributed by atoms with Crippen LogP contribution >= 0.6 is 0 Å². The standard InChI is InChI=1S/C12H15N3O3/c1-8-6-14-9(7-13-8)11(16)15-5-3-2-4-10(15)12(17)18/h6-7,10H,2-5H2,1H3,(H,17,18). The van der Waals surface area contributed by atoms with E-state index in [-0.39, 0.29) is 11.6 Å². The van der Waals surface area contributed by atoms with E-state index in [1.165, 1.54) is 17.3 Å². The van der Waals surface area contributed by atoms with Crippen LogP contribution in [0.25, 0.3) is 0 Å². The number of nitrogens with zero attached hydrogens (tertiary/aromatic N) is 3. The van der Waals surface area contributed by atoms with Gasteiger partial charge in [0.05, 0.1) is 11.9 Å². The molecule has 1 aromatic rings. The van der Waals surface area contributed by atoms with Gasteiger partial charge >= 0.3 is 5.97 Å². The number of aromatic nitrogens is 2. The molecule has 1 aliphatic rings. The molecule has 1 saturated heterocycles. The average molecular weight is 249 g/mol. The molecule has 6 nitrogen and oxygen atoms in total. The molecule has 0 bridgehead atoms. The van der Waals surface area contributed by atoms with Crippen LogP contribution in [0.15, 0.2) is 12.4 Å². The summed E-state index contributed by atoms with van der Waals surface area (Å²) in [6.45, 7) is 2.24. The highest BCUT2D eigenvalue weighted by Gasteiger charge is 2.32. The maximum atomic E-state index is 12.2. The Hall–Kier alpha value is -1.98. The van der Waals surface area contributed by atoms with E-state index in [9.17, 15) is 9.59 Å². The van der Waals surface area contributed by atoms with E-state index in [0.717, 1.165) is 18.5 Å². The molecule has 1 amide bonds. The molecule has 18 heavy (non-hydrogen) atoms. The Balaban J connectivity index is 2.20. The van der Waals surface area contributed by atoms with E-state index in [1.54, 1.807) is 6.92 Å². The smallest absolute Gasteiger partial charge is 0.326 e. The van der Waals surface area contributed by atoms with Gasteiger partial charge in [-0.3, -0.25) is 9.78 Å². The molecule has 1 aliphatic heterocycles. The monoisotopic (exact) mass is 249 g/mol. The maximum Gasteiger partial charge on any atom is 0.326 e. The Labute approximate surface area is 105 Å². The molecule has 96 valence electrons. The molecule has 0 aliphatic carbocycles. The number of amides is 1. The van der Waals surface area contributed by atoms with E-state index in [4.69, 9.17) is 5.11 Å². The molecule has 2 heterocycles. The predicted molar refractivity (Wildman–Crippen MR) is 63.1 cm³/mol. The molecule has 0 radical (unpaired) electrons. The normalized spacial score (nSPS) is 19.6. The molecular formula is C12H15N3O3. The lowest BCUT2D eigenvalue weighted by atomic mass is 10.0. The Kier molecular flexibility index (Phi) is 3.55. The first kappa shape index (κ1) is 12.5. The quantitative estimate of drug-likeness (QED) is 0.840. The fourth-order valence-electron chi connectivity index (χ4n) is 2.08. The van der Waals surface area contributed by atoms with Gasteiger partial charge in [0.25, 0.3) is 5.91 Å². The molecule has 0 spiro atoms. The van der Waals surface area contributed by atoms with Crippen LogP contribution in [-0.2, 0) is 4.79 Å². The zero-order valence-electron chi connectivity index (χ0n) is 10.2. The van der Waals surface area contributed by atoms with Crippen molar-refractivity contribution >= 4 is 11.9 Å². The fraction of sp³-hybridized carbons (Fsp3) is 0.500. The third kappa shape index (κ3) is 2.47. The minimum Gasteiger partial charge on any atom is -0.480 e. The first-order valence-electron chi connectivity index (χ1n) is 5.92. The lowest BCUT2D eigenvalue weighted by molar-refractivity contribution is -0.143. The van der Waals surface area contributed by atoms with Gasteiger partial charge in [-0.2, -0.15) is 0 Å². The molecule has 0 aromatic carbocycles. The van der Waals surface area contributed by atoms with Gasteiger partial charge in [-0.15, -0.1) is 0 Å². The van der Waals surface area contributed by atoms with Gasteiger partial charge in [0.15, 0.2) is 0 Å². The number of piperidine rings is 1. The molecule has 0 saturated carbocycles. The second-order valence-electron chi connectivity index (χ2n) is 4.39. The van der Waals surface area contributed by atoms with Gasteiger partial charge in [-0.1, -0.05) is 0 Å². The van der Waals surface area contributed by atoms with Crippen molar-refractivity contribution in [2.45, 2.75) is 32.2 Å². The zero-order chi connectivity index (χ0) is 13.1. The van der Waals surface area contributed by atoms with Crippen LogP contribution in [0.5, 0.6) is 0 Å². The topological polar surface area (TPSA) is 83.4 Å². The van der Waals surface area contributed by atoms with Crippen molar-refractivity contribution in [3.8, 4) is 0 Å². The summed E-state index contributed by atoms with van der Waals surface area (Å²) in [6.07, 6.45) is 5.06. The van der Waals surface area contributed by atoms with Crippen molar-refractivity contribution in [3.05, 3.63) is 23.8 Å². The van der Waals surface area contributed by atoms with Crippen LogP contribution < -0.4 is 0 Å². The molecule has 6 heteroatoms. The number of rotatable bonds is 2. The Morgan fingerprint density at radius 1 is 1.33 bits per heavy atom. The van der Waals surface area contributed by atoms with Gasteiger partial charge in [0.2, 0.25) is 0 Å². The van der Waals surface area contributed by atoms with Gasteiger partial charge in [-0.25, -0.2) is 9.78 Å². The van der Waals surface area contributed by atoms with Crippen molar-refractivity contribution in [1.82, 2.24) is 14.9 Å². The largest absolute Gasteiger partial charge is 0.480 e. The van der Waals surface area contributed by atoms with Crippen LogP contribution in [0.1, 0.15) is 35.4 Å². The van der Waals surface area contributed by atoms with Crippen molar-refractivity contribution in [2.75, 3.05) is 6.54 Å². The summed E-state index contributed by atoms with van der Waals surface area (Å²) >= 11 is 0. The average Bonchev–Trinajstić information content (AvgIpc) is 2.39. The molecular weight excluding hydrogens is 234 g/mol. The predicted octanol–water partition coefficient (Wildman–Crippen LogP) is 0.864. The first-order valence-corrected chi connectivity index (χ1v) is 5.92. The number of aliphatic carboxylic acids is 1. The molecule has 1 unspecified atom stereocenters. The summed E-state index contributed by atoms with van der Waals surface area (Å²) in [5.74, 6) is -1.31. The molecule has 1 atom stereocenters. The number of carbonyl (C=O) groups is 2. The third-order valence-electron chi connectivity index (χ3n) is 3.05. The molecule has 1 fully saturated rings. The van der Waals surface area contributed by atoms with Crippen molar-refractivity contribution in [3.63, 3.8) is 0 Å². The lowest BCUT2D eigenvalue weighted by Gasteiger charge is -2.32. The number of carboxylic acids is 1. The van der Waals surface area contributed by atoms with E-state index < -0.39 is 12.0 Å². The molecule has 1 aromatic heterocycles. The second kappa shape index (κ2) is 5.12. The lowest BCUT2D eigenvalue weighted by Crippen LogP contribution is -2.48. The van der Waals surface area contributed by atoms with Crippen LogP contribution in [-0.4, -0.2) is 44.4 Å². The van der Waals surface area contributed by atoms with E-state index in [0.29, 0.717) is 13.0 Å². The van der Waals surface area contributed by atoms with E-state index in [2.05, 4.69) is 9.97 Å². The summed E-state index contributed by atoms with van der Waals surface area (Å²) < 4.78 is 0. The van der Waals surface area contributed by atoms with E-state index in [1.807, 2.05) is 0 Å². The van der Waals surface area contributed by atoms with Gasteiger partial charge in [0, 0.05) is 12.7 Å². The second-order valence-corrected chi connectivity index (χ2v) is 4.39. The van der Waals surface area contributed by atoms with Gasteiger partial charge < -0.3 is 10.0 Å². The number of carboxylic acid groups (broad SMARTS) is 1. The number of aryl methyl sites for hydroxylation is 1. The Bertz CT molecular complexity index is 458. The number of hydrogen-bond donors (Lipinski definition) is 1. The Morgan fingerprint density at radius 3 is 2.72 bits per heavy atom. The SMILES string of the molecule is Cc1cnc(C(=O)N2CCCCC2C(=O)O)cn1. The third-order valence-corrected chi connectivity index (χ3v) is 3.05. The fourth-order valence-corrected chi connectivity index (χ4v) is 2.08. The first-order chi connectivity index (χ1) is 8.59. The van der Waals surface area contributed by atoms with Crippen LogP contribution in [0.4, 0.5) is 0 Å². The van der Waals surface area contributed by atoms with Gasteiger partial charge in [-0.05, 0) is 26.2 Å². The number of hydrogen-bond acceptors (Lipinski definition) is 4. The molecule has 1 N–H and O–H groups in total. The summed E-state index contributed by atoms with van der Waals surface area (Å²) in [5, 5.41) is 9.12. The number of likely N-dealkylation sites (tertiary alicyclic amines) is 1. The van der Waals surface area contributed by atoms with E-state index >= 15 is 0 Å².